The van der Waals surface area contributed by atoms with E-state index in [1.807, 2.05) is 6.92 Å². The Balaban J connectivity index is 2.00. The first kappa shape index (κ1) is 15.1. The van der Waals surface area contributed by atoms with Crippen LogP contribution in [0.4, 0.5) is 10.5 Å². The van der Waals surface area contributed by atoms with Gasteiger partial charge in [-0.1, -0.05) is 6.92 Å². The van der Waals surface area contributed by atoms with Gasteiger partial charge in [0.25, 0.3) is 5.56 Å². The van der Waals surface area contributed by atoms with Gasteiger partial charge in [0, 0.05) is 19.9 Å². The molecule has 1 fully saturated rings. The maximum absolute atomic E-state index is 12.0. The van der Waals surface area contributed by atoms with Crippen LogP contribution < -0.4 is 16.2 Å². The van der Waals surface area contributed by atoms with Crippen molar-refractivity contribution < 1.29 is 9.53 Å². The van der Waals surface area contributed by atoms with E-state index in [2.05, 4.69) is 26.6 Å². The summed E-state index contributed by atoms with van der Waals surface area (Å²) in [5.74, 6) is 0. The maximum Gasteiger partial charge on any atom is 0.319 e. The zero-order valence-electron chi connectivity index (χ0n) is 11.5. The fraction of sp³-hybridized carbons (Fsp3) is 0.538. The first-order valence-electron chi connectivity index (χ1n) is 6.56. The Morgan fingerprint density at radius 2 is 2.35 bits per heavy atom. The molecule has 110 valence electrons. The van der Waals surface area contributed by atoms with Crippen LogP contribution in [-0.2, 0) is 11.8 Å². The third-order valence-electron chi connectivity index (χ3n) is 3.33. The highest BCUT2D eigenvalue weighted by Crippen LogP contribution is 2.17. The zero-order chi connectivity index (χ0) is 14.7. The summed E-state index contributed by atoms with van der Waals surface area (Å²) in [6.07, 6.45) is 3.35. The summed E-state index contributed by atoms with van der Waals surface area (Å²) in [6.45, 7) is 2.71. The molecule has 2 N–H and O–H groups in total. The number of hydrogen-bond acceptors (Lipinski definition) is 3. The topological polar surface area (TPSA) is 72.4 Å². The molecule has 2 amide bonds. The second-order valence-corrected chi connectivity index (χ2v) is 5.66. The Morgan fingerprint density at radius 1 is 1.60 bits per heavy atom. The number of rotatable bonds is 3. The molecular formula is C13H18BrN3O3. The van der Waals surface area contributed by atoms with Gasteiger partial charge in [0.2, 0.25) is 0 Å². The highest BCUT2D eigenvalue weighted by atomic mass is 79.9. The molecular weight excluding hydrogens is 326 g/mol. The van der Waals surface area contributed by atoms with Crippen LogP contribution in [0.15, 0.2) is 21.5 Å². The first-order valence-corrected chi connectivity index (χ1v) is 7.36. The van der Waals surface area contributed by atoms with E-state index in [9.17, 15) is 9.59 Å². The molecule has 6 nitrogen and oxygen atoms in total. The van der Waals surface area contributed by atoms with Crippen LogP contribution in [0.5, 0.6) is 0 Å². The van der Waals surface area contributed by atoms with Crippen molar-refractivity contribution >= 4 is 27.6 Å². The van der Waals surface area contributed by atoms with Crippen molar-refractivity contribution in [1.82, 2.24) is 9.88 Å². The standard InChI is InChI=1S/C13H18BrN3O3/c1-3-11-10(4-5-20-11)16-13(19)15-8-6-9(14)12(18)17(2)7-8/h6-7,10-11H,3-5H2,1-2H3,(H2,15,16,19)/t10-,11+/m1/s1. The van der Waals surface area contributed by atoms with Crippen molar-refractivity contribution in [2.45, 2.75) is 31.9 Å². The SMILES string of the molecule is CC[C@@H]1OCC[C@H]1NC(=O)Nc1cc(Br)c(=O)n(C)c1. The largest absolute Gasteiger partial charge is 0.376 e. The smallest absolute Gasteiger partial charge is 0.319 e. The van der Waals surface area contributed by atoms with E-state index in [0.717, 1.165) is 12.8 Å². The van der Waals surface area contributed by atoms with Gasteiger partial charge in [0.05, 0.1) is 22.3 Å². The van der Waals surface area contributed by atoms with Gasteiger partial charge in [0.15, 0.2) is 0 Å². The second kappa shape index (κ2) is 6.41. The third-order valence-corrected chi connectivity index (χ3v) is 3.89. The minimum atomic E-state index is -0.288. The lowest BCUT2D eigenvalue weighted by Crippen LogP contribution is -2.42. The number of aryl methyl sites for hydroxylation is 1. The molecule has 1 aliphatic rings. The number of amides is 2. The molecule has 0 radical (unpaired) electrons. The minimum Gasteiger partial charge on any atom is -0.376 e. The van der Waals surface area contributed by atoms with Crippen LogP contribution in [0.3, 0.4) is 0 Å². The summed E-state index contributed by atoms with van der Waals surface area (Å²) in [5, 5.41) is 5.63. The normalized spacial score (nSPS) is 21.8. The van der Waals surface area contributed by atoms with Crippen molar-refractivity contribution in [1.29, 1.82) is 0 Å². The lowest BCUT2D eigenvalue weighted by Gasteiger charge is -2.18. The quantitative estimate of drug-likeness (QED) is 0.879. The summed E-state index contributed by atoms with van der Waals surface area (Å²) >= 11 is 3.17. The number of halogens is 1. The van der Waals surface area contributed by atoms with Gasteiger partial charge >= 0.3 is 6.03 Å². The van der Waals surface area contributed by atoms with Crippen LogP contribution in [0, 0.1) is 0 Å². The molecule has 0 saturated carbocycles. The molecule has 20 heavy (non-hydrogen) atoms. The molecule has 2 rings (SSSR count). The summed E-state index contributed by atoms with van der Waals surface area (Å²) in [6, 6.07) is 1.34. The molecule has 1 aromatic heterocycles. The van der Waals surface area contributed by atoms with Crippen LogP contribution >= 0.6 is 15.9 Å². The Morgan fingerprint density at radius 3 is 3.00 bits per heavy atom. The van der Waals surface area contributed by atoms with Crippen molar-refractivity contribution in [3.63, 3.8) is 0 Å². The fourth-order valence-electron chi connectivity index (χ4n) is 2.29. The predicted molar refractivity (Wildman–Crippen MR) is 80.0 cm³/mol. The molecule has 0 aromatic carbocycles. The van der Waals surface area contributed by atoms with Gasteiger partial charge in [-0.05, 0) is 34.8 Å². The van der Waals surface area contributed by atoms with Crippen molar-refractivity contribution in [2.24, 2.45) is 7.05 Å². The summed E-state index contributed by atoms with van der Waals surface area (Å²) < 4.78 is 7.34. The summed E-state index contributed by atoms with van der Waals surface area (Å²) in [5.41, 5.74) is 0.412. The predicted octanol–water partition coefficient (Wildman–Crippen LogP) is 1.84. The number of anilines is 1. The second-order valence-electron chi connectivity index (χ2n) is 4.80. The number of hydrogen-bond donors (Lipinski definition) is 2. The average Bonchev–Trinajstić information content (AvgIpc) is 2.82. The Kier molecular flexibility index (Phi) is 4.82. The summed E-state index contributed by atoms with van der Waals surface area (Å²) in [4.78, 5) is 23.5. The van der Waals surface area contributed by atoms with Gasteiger partial charge in [-0.3, -0.25) is 4.79 Å². The van der Waals surface area contributed by atoms with Crippen molar-refractivity contribution in [3.8, 4) is 0 Å². The van der Waals surface area contributed by atoms with E-state index in [1.165, 1.54) is 4.57 Å². The van der Waals surface area contributed by atoms with E-state index in [-0.39, 0.29) is 23.7 Å². The van der Waals surface area contributed by atoms with E-state index in [1.54, 1.807) is 19.3 Å². The fourth-order valence-corrected chi connectivity index (χ4v) is 2.82. The maximum atomic E-state index is 12.0. The van der Waals surface area contributed by atoms with Gasteiger partial charge in [0.1, 0.15) is 0 Å². The number of carbonyl (C=O) groups excluding carboxylic acids is 1. The van der Waals surface area contributed by atoms with E-state index >= 15 is 0 Å². The van der Waals surface area contributed by atoms with Gasteiger partial charge in [-0.15, -0.1) is 0 Å². The van der Waals surface area contributed by atoms with Crippen LogP contribution in [-0.4, -0.2) is 29.4 Å². The Labute approximate surface area is 125 Å². The number of carbonyl (C=O) groups is 1. The molecule has 0 aliphatic carbocycles. The van der Waals surface area contributed by atoms with Crippen LogP contribution in [0.25, 0.3) is 0 Å². The lowest BCUT2D eigenvalue weighted by atomic mass is 10.1. The van der Waals surface area contributed by atoms with Crippen molar-refractivity contribution in [2.75, 3.05) is 11.9 Å². The first-order chi connectivity index (χ1) is 9.51. The Bertz CT molecular complexity index is 532. The van der Waals surface area contributed by atoms with E-state index in [0.29, 0.717) is 16.8 Å². The highest BCUT2D eigenvalue weighted by molar-refractivity contribution is 9.10. The Hall–Kier alpha value is -1.34. The minimum absolute atomic E-state index is 0.0379. The van der Waals surface area contributed by atoms with E-state index < -0.39 is 0 Å². The molecule has 1 aromatic rings. The number of aromatic nitrogens is 1. The number of pyridine rings is 1. The monoisotopic (exact) mass is 343 g/mol. The van der Waals surface area contributed by atoms with Gasteiger partial charge in [-0.2, -0.15) is 0 Å². The number of nitrogens with zero attached hydrogens (tertiary/aromatic N) is 1. The molecule has 1 aliphatic heterocycles. The molecule has 2 atom stereocenters. The molecule has 1 saturated heterocycles. The number of ether oxygens (including phenoxy) is 1. The van der Waals surface area contributed by atoms with Crippen LogP contribution in [0.2, 0.25) is 0 Å². The molecule has 0 spiro atoms. The van der Waals surface area contributed by atoms with Crippen molar-refractivity contribution in [3.05, 3.63) is 27.1 Å². The summed E-state index contributed by atoms with van der Waals surface area (Å²) in [7, 11) is 1.63. The third kappa shape index (κ3) is 3.40. The number of urea groups is 1. The molecule has 7 heteroatoms. The molecule has 0 unspecified atom stereocenters. The molecule has 0 bridgehead atoms. The average molecular weight is 344 g/mol. The van der Waals surface area contributed by atoms with Crippen LogP contribution in [0.1, 0.15) is 19.8 Å². The zero-order valence-corrected chi connectivity index (χ0v) is 13.1. The molecule has 2 heterocycles. The van der Waals surface area contributed by atoms with Gasteiger partial charge in [-0.25, -0.2) is 4.79 Å². The highest BCUT2D eigenvalue weighted by Gasteiger charge is 2.27. The lowest BCUT2D eigenvalue weighted by molar-refractivity contribution is 0.0970. The number of nitrogens with one attached hydrogen (secondary N) is 2. The van der Waals surface area contributed by atoms with Gasteiger partial charge < -0.3 is 19.9 Å². The van der Waals surface area contributed by atoms with E-state index in [4.69, 9.17) is 4.74 Å².